The van der Waals surface area contributed by atoms with E-state index in [9.17, 15) is 0 Å². The zero-order chi connectivity index (χ0) is 25.1. The van der Waals surface area contributed by atoms with Crippen molar-refractivity contribution in [3.63, 3.8) is 0 Å². The summed E-state index contributed by atoms with van der Waals surface area (Å²) in [7, 11) is 5.54. The predicted octanol–water partition coefficient (Wildman–Crippen LogP) is 1.81. The minimum Gasteiger partial charge on any atom is -0.383 e. The van der Waals surface area contributed by atoms with Crippen molar-refractivity contribution in [3.05, 3.63) is 59.9 Å². The SMILES string of the molecule is C[NH2+]/C=C(\C=N)c1ccc(-c2c3c(nn2C)CCc2cnc(Nc4ccn(CCOC)n4)nc2-3)cn1. The lowest BCUT2D eigenvalue weighted by atomic mass is 9.92. The average Bonchev–Trinajstić information content (AvgIpc) is 3.49. The second-order valence-corrected chi connectivity index (χ2v) is 8.48. The van der Waals surface area contributed by atoms with Crippen molar-refractivity contribution in [2.45, 2.75) is 19.4 Å². The number of nitrogens with one attached hydrogen (secondary N) is 2. The largest absolute Gasteiger partial charge is 0.383 e. The molecule has 36 heavy (non-hydrogen) atoms. The first-order valence-electron chi connectivity index (χ1n) is 11.8. The monoisotopic (exact) mass is 485 g/mol. The minimum atomic E-state index is 0.485. The Morgan fingerprint density at radius 1 is 1.19 bits per heavy atom. The van der Waals surface area contributed by atoms with Crippen LogP contribution in [0.4, 0.5) is 11.8 Å². The van der Waals surface area contributed by atoms with E-state index in [0.717, 1.165) is 57.9 Å². The summed E-state index contributed by atoms with van der Waals surface area (Å²) in [6.07, 6.45) is 10.5. The molecule has 0 unspecified atom stereocenters. The van der Waals surface area contributed by atoms with Gasteiger partial charge >= 0.3 is 0 Å². The number of fused-ring (bicyclic) bond motifs is 3. The third-order valence-electron chi connectivity index (χ3n) is 6.09. The molecule has 4 N–H and O–H groups in total. The Balaban J connectivity index is 1.49. The summed E-state index contributed by atoms with van der Waals surface area (Å²) in [5.74, 6) is 1.16. The molecule has 0 aromatic carbocycles. The van der Waals surface area contributed by atoms with E-state index in [4.69, 9.17) is 20.2 Å². The molecule has 0 radical (unpaired) electrons. The van der Waals surface area contributed by atoms with Gasteiger partial charge in [-0.15, -0.1) is 0 Å². The van der Waals surface area contributed by atoms with E-state index in [0.29, 0.717) is 24.9 Å². The normalized spacial score (nSPS) is 12.8. The molecule has 0 fully saturated rings. The third kappa shape index (κ3) is 4.53. The summed E-state index contributed by atoms with van der Waals surface area (Å²) in [6.45, 7) is 1.27. The molecule has 1 aliphatic carbocycles. The molecular formula is C25H29N10O+. The molecule has 0 bridgehead atoms. The van der Waals surface area contributed by atoms with Crippen LogP contribution in [-0.2, 0) is 31.2 Å². The maximum Gasteiger partial charge on any atom is 0.228 e. The molecule has 184 valence electrons. The van der Waals surface area contributed by atoms with Gasteiger partial charge in [-0.1, -0.05) is 0 Å². The molecular weight excluding hydrogens is 456 g/mol. The van der Waals surface area contributed by atoms with Gasteiger partial charge in [0.05, 0.1) is 48.5 Å². The van der Waals surface area contributed by atoms with Gasteiger partial charge in [-0.3, -0.25) is 14.3 Å². The number of aromatic nitrogens is 7. The number of nitrogens with zero attached hydrogens (tertiary/aromatic N) is 7. The van der Waals surface area contributed by atoms with Crippen molar-refractivity contribution in [1.82, 2.24) is 34.5 Å². The molecule has 0 atom stereocenters. The quantitative estimate of drug-likeness (QED) is 0.308. The number of pyridine rings is 1. The van der Waals surface area contributed by atoms with Gasteiger partial charge in [0.2, 0.25) is 5.95 Å². The number of aryl methyl sites for hydroxylation is 3. The van der Waals surface area contributed by atoms with Gasteiger partial charge in [-0.05, 0) is 30.5 Å². The first-order chi connectivity index (χ1) is 17.6. The Morgan fingerprint density at radius 3 is 2.83 bits per heavy atom. The summed E-state index contributed by atoms with van der Waals surface area (Å²) < 4.78 is 8.84. The standard InChI is InChI=1S/C25H28N10O/c1-27-13-18(12-26)19-6-5-17(15-28-19)24-22-20(32-34(24)2)7-4-16-14-29-25(31-23(16)22)30-21-8-9-35(33-21)10-11-36-3/h5-6,8-9,12-15,26-27H,4,7,10-11H2,1-3H3,(H,29,30,31,33)/p+1/b18-13+,26-12?. The Morgan fingerprint density at radius 2 is 2.08 bits per heavy atom. The fourth-order valence-electron chi connectivity index (χ4n) is 4.40. The number of methoxy groups -OCH3 is 1. The van der Waals surface area contributed by atoms with Crippen LogP contribution in [0, 0.1) is 5.41 Å². The van der Waals surface area contributed by atoms with E-state index in [2.05, 4.69) is 20.4 Å². The zero-order valence-electron chi connectivity index (χ0n) is 20.6. The number of rotatable bonds is 9. The van der Waals surface area contributed by atoms with Crippen molar-refractivity contribution < 1.29 is 10.1 Å². The van der Waals surface area contributed by atoms with Crippen molar-refractivity contribution in [1.29, 1.82) is 5.41 Å². The second kappa shape index (κ2) is 10.2. The van der Waals surface area contributed by atoms with Gasteiger partial charge in [0.15, 0.2) is 5.82 Å². The number of ether oxygens (including phenoxy) is 1. The van der Waals surface area contributed by atoms with Crippen LogP contribution < -0.4 is 10.6 Å². The van der Waals surface area contributed by atoms with Gasteiger partial charge < -0.3 is 20.8 Å². The molecule has 0 amide bonds. The van der Waals surface area contributed by atoms with Crippen molar-refractivity contribution in [3.8, 4) is 22.5 Å². The van der Waals surface area contributed by atoms with Crippen LogP contribution in [0.1, 0.15) is 17.0 Å². The van der Waals surface area contributed by atoms with Crippen molar-refractivity contribution >= 4 is 23.6 Å². The van der Waals surface area contributed by atoms with Gasteiger partial charge in [-0.25, -0.2) is 9.97 Å². The van der Waals surface area contributed by atoms with Crippen LogP contribution in [-0.4, -0.2) is 61.5 Å². The van der Waals surface area contributed by atoms with Crippen LogP contribution in [0.2, 0.25) is 0 Å². The van der Waals surface area contributed by atoms with Gasteiger partial charge in [0, 0.05) is 56.2 Å². The smallest absolute Gasteiger partial charge is 0.228 e. The van der Waals surface area contributed by atoms with Gasteiger partial charge in [0.25, 0.3) is 0 Å². The van der Waals surface area contributed by atoms with E-state index in [1.165, 1.54) is 6.21 Å². The number of anilines is 2. The molecule has 0 saturated heterocycles. The Labute approximate surface area is 208 Å². The molecule has 1 aliphatic rings. The highest BCUT2D eigenvalue weighted by Crippen LogP contribution is 2.39. The first kappa shape index (κ1) is 23.5. The van der Waals surface area contributed by atoms with Crippen molar-refractivity contribution in [2.75, 3.05) is 26.1 Å². The van der Waals surface area contributed by atoms with Gasteiger partial charge in [0.1, 0.15) is 6.20 Å². The Bertz CT molecular complexity index is 1420. The maximum atomic E-state index is 7.67. The first-order valence-corrected chi connectivity index (χ1v) is 11.8. The predicted molar refractivity (Wildman–Crippen MR) is 137 cm³/mol. The highest BCUT2D eigenvalue weighted by molar-refractivity contribution is 6.07. The van der Waals surface area contributed by atoms with Crippen molar-refractivity contribution in [2.24, 2.45) is 7.05 Å². The second-order valence-electron chi connectivity index (χ2n) is 8.48. The average molecular weight is 486 g/mol. The molecule has 0 spiro atoms. The fourth-order valence-corrected chi connectivity index (χ4v) is 4.40. The van der Waals surface area contributed by atoms with Gasteiger partial charge in [-0.2, -0.15) is 10.2 Å². The molecule has 11 nitrogen and oxygen atoms in total. The third-order valence-corrected chi connectivity index (χ3v) is 6.09. The number of hydrogen-bond donors (Lipinski definition) is 3. The summed E-state index contributed by atoms with van der Waals surface area (Å²) in [5, 5.41) is 22.1. The number of allylic oxidation sites excluding steroid dienone is 1. The minimum absolute atomic E-state index is 0.485. The molecule has 0 saturated carbocycles. The number of nitrogens with two attached hydrogens (primary N) is 1. The van der Waals surface area contributed by atoms with Crippen LogP contribution in [0.5, 0.6) is 0 Å². The van der Waals surface area contributed by atoms with Crippen LogP contribution >= 0.6 is 0 Å². The molecule has 4 aromatic rings. The topological polar surface area (TPSA) is 136 Å². The van der Waals surface area contributed by atoms with E-state index in [-0.39, 0.29) is 0 Å². The Hall–Kier alpha value is -4.22. The van der Waals surface area contributed by atoms with E-state index < -0.39 is 0 Å². The van der Waals surface area contributed by atoms with E-state index in [1.54, 1.807) is 7.11 Å². The molecule has 0 aliphatic heterocycles. The lowest BCUT2D eigenvalue weighted by Crippen LogP contribution is -2.72. The van der Waals surface area contributed by atoms with Crippen LogP contribution in [0.15, 0.2) is 43.0 Å². The zero-order valence-corrected chi connectivity index (χ0v) is 20.6. The van der Waals surface area contributed by atoms with Crippen LogP contribution in [0.25, 0.3) is 28.1 Å². The van der Waals surface area contributed by atoms with Crippen LogP contribution in [0.3, 0.4) is 0 Å². The van der Waals surface area contributed by atoms with E-state index in [1.807, 2.05) is 71.8 Å². The molecule has 4 aromatic heterocycles. The fraction of sp³-hybridized carbons (Fsp3) is 0.280. The summed E-state index contributed by atoms with van der Waals surface area (Å²) in [5.41, 5.74) is 7.40. The Kier molecular flexibility index (Phi) is 6.65. The summed E-state index contributed by atoms with van der Waals surface area (Å²) in [4.78, 5) is 14.0. The highest BCUT2D eigenvalue weighted by Gasteiger charge is 2.27. The maximum absolute atomic E-state index is 7.67. The number of quaternary nitrogens is 1. The molecule has 5 rings (SSSR count). The summed E-state index contributed by atoms with van der Waals surface area (Å²) in [6, 6.07) is 5.85. The number of hydrogen-bond acceptors (Lipinski definition) is 8. The molecule has 11 heteroatoms. The van der Waals surface area contributed by atoms with E-state index >= 15 is 0 Å². The summed E-state index contributed by atoms with van der Waals surface area (Å²) >= 11 is 0. The highest BCUT2D eigenvalue weighted by atomic mass is 16.5. The molecule has 4 heterocycles. The lowest BCUT2D eigenvalue weighted by Gasteiger charge is -2.16. The lowest BCUT2D eigenvalue weighted by molar-refractivity contribution is -0.555.